The molecule has 0 atom stereocenters. The number of hydrogen-bond acceptors (Lipinski definition) is 3. The summed E-state index contributed by atoms with van der Waals surface area (Å²) in [6, 6.07) is 0. The van der Waals surface area contributed by atoms with Crippen LogP contribution in [-0.4, -0.2) is 31.0 Å². The fourth-order valence-electron chi connectivity index (χ4n) is 1.44. The van der Waals surface area contributed by atoms with Crippen molar-refractivity contribution in [2.75, 3.05) is 12.4 Å². The van der Waals surface area contributed by atoms with Crippen molar-refractivity contribution in [3.63, 3.8) is 0 Å². The van der Waals surface area contributed by atoms with Gasteiger partial charge in [0.2, 0.25) is 8.32 Å². The molecule has 0 saturated carbocycles. The number of nitrogens with one attached hydrogen (secondary N) is 1. The molecule has 2 N–H and O–H groups in total. The lowest BCUT2D eigenvalue weighted by Crippen LogP contribution is -2.30. The molecule has 1 aromatic rings. The van der Waals surface area contributed by atoms with Gasteiger partial charge in [0.1, 0.15) is 0 Å². The first-order chi connectivity index (χ1) is 7.26. The maximum absolute atomic E-state index is 11.1. The molecule has 90 valence electrons. The van der Waals surface area contributed by atoms with Crippen molar-refractivity contribution in [3.05, 3.63) is 11.9 Å². The standard InChI is InChI=1S/C10H18N2O3Si/c1-11-7-6-12(2)8(10(13)14)9(7)15-16(3,4)5/h6,11H,1-5H3,(H,13,14). The first-order valence-corrected chi connectivity index (χ1v) is 8.46. The highest BCUT2D eigenvalue weighted by atomic mass is 28.4. The smallest absolute Gasteiger partial charge is 0.356 e. The molecule has 1 aromatic heterocycles. The summed E-state index contributed by atoms with van der Waals surface area (Å²) in [6.45, 7) is 6.06. The average molecular weight is 242 g/mol. The van der Waals surface area contributed by atoms with E-state index in [1.165, 1.54) is 0 Å². The van der Waals surface area contributed by atoms with E-state index in [1.54, 1.807) is 24.9 Å². The van der Waals surface area contributed by atoms with Gasteiger partial charge < -0.3 is 19.4 Å². The normalized spacial score (nSPS) is 11.3. The van der Waals surface area contributed by atoms with E-state index in [4.69, 9.17) is 9.53 Å². The van der Waals surface area contributed by atoms with E-state index in [9.17, 15) is 4.79 Å². The largest absolute Gasteiger partial charge is 0.541 e. The predicted molar refractivity (Wildman–Crippen MR) is 65.9 cm³/mol. The quantitative estimate of drug-likeness (QED) is 0.792. The molecule has 0 unspecified atom stereocenters. The van der Waals surface area contributed by atoms with Crippen molar-refractivity contribution in [2.24, 2.45) is 7.05 Å². The molecule has 6 heteroatoms. The zero-order chi connectivity index (χ0) is 12.5. The molecule has 0 aromatic carbocycles. The Balaban J connectivity index is 3.27. The number of aromatic nitrogens is 1. The molecule has 0 spiro atoms. The lowest BCUT2D eigenvalue weighted by atomic mass is 10.3. The van der Waals surface area contributed by atoms with E-state index in [-0.39, 0.29) is 5.69 Å². The maximum atomic E-state index is 11.1. The van der Waals surface area contributed by atoms with E-state index in [1.807, 2.05) is 19.6 Å². The van der Waals surface area contributed by atoms with Gasteiger partial charge in [-0.1, -0.05) is 0 Å². The highest BCUT2D eigenvalue weighted by Gasteiger charge is 2.26. The summed E-state index contributed by atoms with van der Waals surface area (Å²) < 4.78 is 7.37. The second kappa shape index (κ2) is 4.21. The maximum Gasteiger partial charge on any atom is 0.356 e. The Kier molecular flexibility index (Phi) is 3.32. The van der Waals surface area contributed by atoms with Gasteiger partial charge in [-0.15, -0.1) is 0 Å². The average Bonchev–Trinajstić information content (AvgIpc) is 2.39. The summed E-state index contributed by atoms with van der Waals surface area (Å²) in [5.41, 5.74) is 0.897. The topological polar surface area (TPSA) is 63.5 Å². The van der Waals surface area contributed by atoms with Gasteiger partial charge in [0, 0.05) is 20.3 Å². The molecule has 1 rings (SSSR count). The number of nitrogens with zero attached hydrogens (tertiary/aromatic N) is 1. The van der Waals surface area contributed by atoms with Crippen LogP contribution in [0.5, 0.6) is 5.75 Å². The van der Waals surface area contributed by atoms with Crippen molar-refractivity contribution in [2.45, 2.75) is 19.6 Å². The number of carbonyl (C=O) groups is 1. The molecule has 0 radical (unpaired) electrons. The van der Waals surface area contributed by atoms with Crippen molar-refractivity contribution in [3.8, 4) is 5.75 Å². The fourth-order valence-corrected chi connectivity index (χ4v) is 2.26. The van der Waals surface area contributed by atoms with Crippen LogP contribution in [0.1, 0.15) is 10.5 Å². The Hall–Kier alpha value is -1.43. The summed E-state index contributed by atoms with van der Waals surface area (Å²) >= 11 is 0. The van der Waals surface area contributed by atoms with E-state index in [0.717, 1.165) is 0 Å². The molecule has 0 saturated heterocycles. The Bertz CT molecular complexity index is 407. The van der Waals surface area contributed by atoms with Crippen LogP contribution in [0.15, 0.2) is 6.20 Å². The van der Waals surface area contributed by atoms with Gasteiger partial charge in [-0.3, -0.25) is 0 Å². The van der Waals surface area contributed by atoms with Gasteiger partial charge in [-0.25, -0.2) is 4.79 Å². The van der Waals surface area contributed by atoms with Crippen molar-refractivity contribution in [1.29, 1.82) is 0 Å². The van der Waals surface area contributed by atoms with Gasteiger partial charge >= 0.3 is 5.97 Å². The Morgan fingerprint density at radius 1 is 1.50 bits per heavy atom. The minimum Gasteiger partial charge on any atom is -0.541 e. The number of carboxylic acid groups (broad SMARTS) is 1. The molecule has 0 aliphatic heterocycles. The number of carboxylic acids is 1. The van der Waals surface area contributed by atoms with Gasteiger partial charge in [0.25, 0.3) is 0 Å². The minimum atomic E-state index is -1.83. The van der Waals surface area contributed by atoms with E-state index >= 15 is 0 Å². The van der Waals surface area contributed by atoms with E-state index in [2.05, 4.69) is 5.32 Å². The molecule has 0 aliphatic carbocycles. The molecule has 16 heavy (non-hydrogen) atoms. The summed E-state index contributed by atoms with van der Waals surface area (Å²) in [5, 5.41) is 12.1. The van der Waals surface area contributed by atoms with Crippen LogP contribution in [0.3, 0.4) is 0 Å². The van der Waals surface area contributed by atoms with Crippen LogP contribution < -0.4 is 9.74 Å². The van der Waals surface area contributed by atoms with Crippen LogP contribution >= 0.6 is 0 Å². The fraction of sp³-hybridized carbons (Fsp3) is 0.500. The van der Waals surface area contributed by atoms with Gasteiger partial charge in [0.05, 0.1) is 5.69 Å². The predicted octanol–water partition coefficient (Wildman–Crippen LogP) is 1.98. The first kappa shape index (κ1) is 12.6. The number of rotatable bonds is 4. The Labute approximate surface area is 96.2 Å². The molecular formula is C10H18N2O3Si. The minimum absolute atomic E-state index is 0.187. The van der Waals surface area contributed by atoms with Gasteiger partial charge in [-0.05, 0) is 19.6 Å². The van der Waals surface area contributed by atoms with Crippen LogP contribution in [0.4, 0.5) is 5.69 Å². The summed E-state index contributed by atoms with van der Waals surface area (Å²) in [5.74, 6) is -0.533. The van der Waals surface area contributed by atoms with Crippen molar-refractivity contribution in [1.82, 2.24) is 4.57 Å². The monoisotopic (exact) mass is 242 g/mol. The SMILES string of the molecule is CNc1cn(C)c(C(=O)O)c1O[Si](C)(C)C. The van der Waals surface area contributed by atoms with Gasteiger partial charge in [0.15, 0.2) is 11.4 Å². The Morgan fingerprint density at radius 2 is 2.06 bits per heavy atom. The third kappa shape index (κ3) is 2.57. The molecule has 5 nitrogen and oxygen atoms in total. The highest BCUT2D eigenvalue weighted by Crippen LogP contribution is 2.32. The molecule has 0 bridgehead atoms. The van der Waals surface area contributed by atoms with E-state index in [0.29, 0.717) is 11.4 Å². The lowest BCUT2D eigenvalue weighted by molar-refractivity contribution is 0.0684. The highest BCUT2D eigenvalue weighted by molar-refractivity contribution is 6.70. The second-order valence-electron chi connectivity index (χ2n) is 4.60. The van der Waals surface area contributed by atoms with Crippen molar-refractivity contribution >= 4 is 20.0 Å². The third-order valence-electron chi connectivity index (χ3n) is 2.02. The number of hydrogen-bond donors (Lipinski definition) is 2. The number of aryl methyl sites for hydroxylation is 1. The first-order valence-electron chi connectivity index (χ1n) is 5.05. The van der Waals surface area contributed by atoms with Crippen LogP contribution in [0.2, 0.25) is 19.6 Å². The number of aromatic carboxylic acids is 1. The molecule has 1 heterocycles. The molecule has 0 aliphatic rings. The van der Waals surface area contributed by atoms with E-state index < -0.39 is 14.3 Å². The summed E-state index contributed by atoms with van der Waals surface area (Å²) in [6.07, 6.45) is 1.72. The zero-order valence-corrected chi connectivity index (χ0v) is 11.3. The molecular weight excluding hydrogens is 224 g/mol. The summed E-state index contributed by atoms with van der Waals surface area (Å²) in [7, 11) is 1.62. The molecule has 0 amide bonds. The third-order valence-corrected chi connectivity index (χ3v) is 2.83. The van der Waals surface area contributed by atoms with Crippen molar-refractivity contribution < 1.29 is 14.3 Å². The van der Waals surface area contributed by atoms with Gasteiger partial charge in [-0.2, -0.15) is 0 Å². The van der Waals surface area contributed by atoms with Crippen LogP contribution in [0.25, 0.3) is 0 Å². The summed E-state index contributed by atoms with van der Waals surface area (Å²) in [4.78, 5) is 11.1. The zero-order valence-electron chi connectivity index (χ0n) is 10.3. The Morgan fingerprint density at radius 3 is 2.44 bits per heavy atom. The molecule has 0 fully saturated rings. The lowest BCUT2D eigenvalue weighted by Gasteiger charge is -2.20. The van der Waals surface area contributed by atoms with Crippen LogP contribution in [-0.2, 0) is 7.05 Å². The van der Waals surface area contributed by atoms with Crippen LogP contribution in [0, 0.1) is 0 Å². The number of anilines is 1. The second-order valence-corrected chi connectivity index (χ2v) is 9.03.